The summed E-state index contributed by atoms with van der Waals surface area (Å²) < 4.78 is 5.43. The van der Waals surface area contributed by atoms with Crippen LogP contribution in [0.2, 0.25) is 0 Å². The molecule has 1 amide bonds. The lowest BCUT2D eigenvalue weighted by molar-refractivity contribution is -0.158. The van der Waals surface area contributed by atoms with E-state index in [1.807, 2.05) is 37.3 Å². The Morgan fingerprint density at radius 2 is 2.05 bits per heavy atom. The molecule has 5 heteroatoms. The largest absolute Gasteiger partial charge is 0.479 e. The molecule has 1 aliphatic heterocycles. The van der Waals surface area contributed by atoms with E-state index in [-0.39, 0.29) is 12.5 Å². The van der Waals surface area contributed by atoms with Gasteiger partial charge in [0.2, 0.25) is 5.91 Å². The van der Waals surface area contributed by atoms with Crippen LogP contribution in [0.5, 0.6) is 0 Å². The van der Waals surface area contributed by atoms with Crippen LogP contribution in [0.3, 0.4) is 0 Å². The molecule has 0 radical (unpaired) electrons. The lowest BCUT2D eigenvalue weighted by Gasteiger charge is -2.33. The highest BCUT2D eigenvalue weighted by Crippen LogP contribution is 2.32. The maximum absolute atomic E-state index is 12.3. The van der Waals surface area contributed by atoms with E-state index >= 15 is 0 Å². The van der Waals surface area contributed by atoms with Gasteiger partial charge in [-0.2, -0.15) is 0 Å². The summed E-state index contributed by atoms with van der Waals surface area (Å²) >= 11 is 0. The van der Waals surface area contributed by atoms with Crippen LogP contribution in [-0.4, -0.2) is 40.6 Å². The fourth-order valence-corrected chi connectivity index (χ4v) is 2.89. The van der Waals surface area contributed by atoms with Gasteiger partial charge in [-0.3, -0.25) is 4.79 Å². The Morgan fingerprint density at radius 3 is 2.67 bits per heavy atom. The van der Waals surface area contributed by atoms with Crippen LogP contribution in [0, 0.1) is 0 Å². The van der Waals surface area contributed by atoms with Crippen molar-refractivity contribution in [2.24, 2.45) is 0 Å². The van der Waals surface area contributed by atoms with E-state index in [1.165, 1.54) is 4.90 Å². The third-order valence-electron chi connectivity index (χ3n) is 4.11. The predicted molar refractivity (Wildman–Crippen MR) is 77.7 cm³/mol. The van der Waals surface area contributed by atoms with Crippen molar-refractivity contribution in [2.75, 3.05) is 13.2 Å². The molecule has 1 N–H and O–H groups in total. The number of rotatable bonds is 6. The van der Waals surface area contributed by atoms with Crippen LogP contribution in [0.4, 0.5) is 0 Å². The van der Waals surface area contributed by atoms with Crippen molar-refractivity contribution in [1.82, 2.24) is 4.90 Å². The molecule has 1 fully saturated rings. The van der Waals surface area contributed by atoms with Crippen molar-refractivity contribution >= 4 is 11.9 Å². The quantitative estimate of drug-likeness (QED) is 0.871. The number of carbonyl (C=O) groups is 2. The topological polar surface area (TPSA) is 66.8 Å². The highest BCUT2D eigenvalue weighted by atomic mass is 16.5. The number of hydrogen-bond donors (Lipinski definition) is 1. The Bertz CT molecular complexity index is 502. The van der Waals surface area contributed by atoms with E-state index in [4.69, 9.17) is 4.74 Å². The average molecular weight is 291 g/mol. The summed E-state index contributed by atoms with van der Waals surface area (Å²) in [5.41, 5.74) is -0.0561. The first-order chi connectivity index (χ1) is 10.1. The summed E-state index contributed by atoms with van der Waals surface area (Å²) in [6, 6.07) is 9.59. The summed E-state index contributed by atoms with van der Waals surface area (Å²) in [6.07, 6.45) is 1.67. The Labute approximate surface area is 124 Å². The minimum Gasteiger partial charge on any atom is -0.479 e. The van der Waals surface area contributed by atoms with Crippen LogP contribution < -0.4 is 0 Å². The number of benzene rings is 1. The number of ether oxygens (including phenoxy) is 1. The summed E-state index contributed by atoms with van der Waals surface area (Å²) in [4.78, 5) is 25.3. The van der Waals surface area contributed by atoms with Crippen LogP contribution in [-0.2, 0) is 20.9 Å². The van der Waals surface area contributed by atoms with Gasteiger partial charge in [0.1, 0.15) is 12.1 Å². The fourth-order valence-electron chi connectivity index (χ4n) is 2.89. The van der Waals surface area contributed by atoms with Gasteiger partial charge in [-0.1, -0.05) is 37.3 Å². The molecule has 1 aromatic carbocycles. The van der Waals surface area contributed by atoms with Crippen LogP contribution in [0.25, 0.3) is 0 Å². The minimum atomic E-state index is -1.05. The number of amides is 1. The number of carboxylic acids is 1. The van der Waals surface area contributed by atoms with Crippen molar-refractivity contribution in [3.8, 4) is 0 Å². The lowest BCUT2D eigenvalue weighted by atomic mass is 9.93. The highest BCUT2D eigenvalue weighted by Gasteiger charge is 2.48. The van der Waals surface area contributed by atoms with Crippen molar-refractivity contribution in [3.63, 3.8) is 0 Å². The SMILES string of the molecule is CCC1(C(=O)O)CCCN1C(=O)COCc1ccccc1. The molecule has 0 saturated carbocycles. The van der Waals surface area contributed by atoms with Gasteiger partial charge in [-0.25, -0.2) is 4.79 Å². The smallest absolute Gasteiger partial charge is 0.329 e. The predicted octanol–water partition coefficient (Wildman–Crippen LogP) is 2.06. The normalized spacial score (nSPS) is 21.5. The summed E-state index contributed by atoms with van der Waals surface area (Å²) in [5, 5.41) is 9.45. The standard InChI is InChI=1S/C16H21NO4/c1-2-16(15(19)20)9-6-10-17(16)14(18)12-21-11-13-7-4-3-5-8-13/h3-5,7-8H,2,6,9-12H2,1H3,(H,19,20). The molecule has 0 aliphatic carbocycles. The Morgan fingerprint density at radius 1 is 1.33 bits per heavy atom. The van der Waals surface area contributed by atoms with Crippen molar-refractivity contribution in [2.45, 2.75) is 38.3 Å². The van der Waals surface area contributed by atoms with Gasteiger partial charge in [-0.05, 0) is 24.8 Å². The molecule has 1 unspecified atom stereocenters. The number of carboxylic acid groups (broad SMARTS) is 1. The summed E-state index contributed by atoms with van der Waals surface area (Å²) in [6.45, 7) is 2.58. The maximum atomic E-state index is 12.3. The molecule has 21 heavy (non-hydrogen) atoms. The second-order valence-electron chi connectivity index (χ2n) is 5.32. The van der Waals surface area contributed by atoms with Crippen molar-refractivity contribution < 1.29 is 19.4 Å². The molecule has 0 spiro atoms. The van der Waals surface area contributed by atoms with Gasteiger partial charge >= 0.3 is 5.97 Å². The highest BCUT2D eigenvalue weighted by molar-refractivity contribution is 5.88. The van der Waals surface area contributed by atoms with E-state index in [9.17, 15) is 14.7 Å². The zero-order valence-electron chi connectivity index (χ0n) is 12.2. The Hall–Kier alpha value is -1.88. The van der Waals surface area contributed by atoms with Crippen LogP contribution >= 0.6 is 0 Å². The van der Waals surface area contributed by atoms with E-state index in [1.54, 1.807) is 0 Å². The number of likely N-dealkylation sites (tertiary alicyclic amines) is 1. The second-order valence-corrected chi connectivity index (χ2v) is 5.32. The number of carbonyl (C=O) groups excluding carboxylic acids is 1. The molecule has 1 aromatic rings. The third kappa shape index (κ3) is 3.24. The van der Waals surface area contributed by atoms with Gasteiger partial charge in [-0.15, -0.1) is 0 Å². The molecular formula is C16H21NO4. The van der Waals surface area contributed by atoms with E-state index in [0.717, 1.165) is 12.0 Å². The van der Waals surface area contributed by atoms with Crippen molar-refractivity contribution in [1.29, 1.82) is 0 Å². The fraction of sp³-hybridized carbons (Fsp3) is 0.500. The first-order valence-corrected chi connectivity index (χ1v) is 7.25. The zero-order valence-corrected chi connectivity index (χ0v) is 12.2. The molecule has 5 nitrogen and oxygen atoms in total. The molecular weight excluding hydrogens is 270 g/mol. The van der Waals surface area contributed by atoms with Gasteiger partial charge in [0.15, 0.2) is 0 Å². The molecule has 1 aliphatic rings. The molecule has 2 rings (SSSR count). The monoisotopic (exact) mass is 291 g/mol. The first kappa shape index (κ1) is 15.5. The lowest BCUT2D eigenvalue weighted by Crippen LogP contribution is -2.53. The van der Waals surface area contributed by atoms with Gasteiger partial charge in [0.05, 0.1) is 6.61 Å². The number of nitrogens with zero attached hydrogens (tertiary/aromatic N) is 1. The zero-order chi connectivity index (χ0) is 15.3. The van der Waals surface area contributed by atoms with Crippen LogP contribution in [0.1, 0.15) is 31.7 Å². The third-order valence-corrected chi connectivity index (χ3v) is 4.11. The molecule has 114 valence electrons. The molecule has 1 atom stereocenters. The van der Waals surface area contributed by atoms with Gasteiger partial charge in [0.25, 0.3) is 0 Å². The van der Waals surface area contributed by atoms with E-state index < -0.39 is 11.5 Å². The first-order valence-electron chi connectivity index (χ1n) is 7.25. The summed E-state index contributed by atoms with van der Waals surface area (Å²) in [5.74, 6) is -1.16. The number of aliphatic carboxylic acids is 1. The molecule has 1 heterocycles. The van der Waals surface area contributed by atoms with Crippen LogP contribution in [0.15, 0.2) is 30.3 Å². The van der Waals surface area contributed by atoms with Gasteiger partial charge < -0.3 is 14.7 Å². The Balaban J connectivity index is 1.92. The number of hydrogen-bond acceptors (Lipinski definition) is 3. The molecule has 0 bridgehead atoms. The second kappa shape index (κ2) is 6.72. The summed E-state index contributed by atoms with van der Waals surface area (Å²) in [7, 11) is 0. The minimum absolute atomic E-state index is 0.0794. The van der Waals surface area contributed by atoms with E-state index in [2.05, 4.69) is 0 Å². The molecule has 0 aromatic heterocycles. The average Bonchev–Trinajstić information content (AvgIpc) is 2.93. The van der Waals surface area contributed by atoms with E-state index in [0.29, 0.717) is 26.0 Å². The van der Waals surface area contributed by atoms with Crippen molar-refractivity contribution in [3.05, 3.63) is 35.9 Å². The maximum Gasteiger partial charge on any atom is 0.329 e. The van der Waals surface area contributed by atoms with Gasteiger partial charge in [0, 0.05) is 6.54 Å². The molecule has 1 saturated heterocycles. The Kier molecular flexibility index (Phi) is 4.96.